The summed E-state index contributed by atoms with van der Waals surface area (Å²) >= 11 is 0. The van der Waals surface area contributed by atoms with E-state index in [9.17, 15) is 14.0 Å². The minimum absolute atomic E-state index is 0.213. The highest BCUT2D eigenvalue weighted by molar-refractivity contribution is 5.83. The number of esters is 1. The van der Waals surface area contributed by atoms with Gasteiger partial charge in [0.1, 0.15) is 5.82 Å². The van der Waals surface area contributed by atoms with Crippen LogP contribution in [0.2, 0.25) is 0 Å². The molecule has 2 atom stereocenters. The second kappa shape index (κ2) is 8.06. The van der Waals surface area contributed by atoms with E-state index in [4.69, 9.17) is 5.73 Å². The van der Waals surface area contributed by atoms with Crippen molar-refractivity contribution < 1.29 is 18.7 Å². The maximum Gasteiger partial charge on any atom is 0.308 e. The van der Waals surface area contributed by atoms with Crippen LogP contribution in [-0.4, -0.2) is 30.6 Å². The Balaban J connectivity index is 2.59. The maximum absolute atomic E-state index is 12.9. The molecule has 1 amide bonds. The Bertz CT molecular complexity index is 543. The molecule has 0 unspecified atom stereocenters. The van der Waals surface area contributed by atoms with Crippen LogP contribution in [0.15, 0.2) is 24.3 Å². The summed E-state index contributed by atoms with van der Waals surface area (Å²) < 4.78 is 17.6. The number of amides is 1. The molecule has 0 fully saturated rings. The molecule has 23 heavy (non-hydrogen) atoms. The normalized spacial score (nSPS) is 14.0. The molecular formula is C17H25FN2O3. The van der Waals surface area contributed by atoms with Gasteiger partial charge in [-0.3, -0.25) is 9.59 Å². The summed E-state index contributed by atoms with van der Waals surface area (Å²) in [5, 5.41) is 2.87. The summed E-state index contributed by atoms with van der Waals surface area (Å²) in [5.74, 6) is -1.46. The van der Waals surface area contributed by atoms with Crippen LogP contribution < -0.4 is 11.1 Å². The van der Waals surface area contributed by atoms with Crippen LogP contribution >= 0.6 is 0 Å². The fourth-order valence-electron chi connectivity index (χ4n) is 2.37. The van der Waals surface area contributed by atoms with Crippen LogP contribution in [0.1, 0.15) is 32.8 Å². The van der Waals surface area contributed by atoms with Crippen LogP contribution in [0.4, 0.5) is 4.39 Å². The summed E-state index contributed by atoms with van der Waals surface area (Å²) in [6, 6.07) is 5.34. The molecule has 128 valence electrons. The van der Waals surface area contributed by atoms with Gasteiger partial charge in [0.25, 0.3) is 0 Å². The third-order valence-electron chi connectivity index (χ3n) is 3.57. The van der Waals surface area contributed by atoms with Gasteiger partial charge in [-0.15, -0.1) is 0 Å². The predicted octanol–water partition coefficient (Wildman–Crippen LogP) is 1.79. The van der Waals surface area contributed by atoms with Crippen molar-refractivity contribution in [1.82, 2.24) is 5.32 Å². The zero-order valence-electron chi connectivity index (χ0n) is 14.1. The third-order valence-corrected chi connectivity index (χ3v) is 3.57. The highest BCUT2D eigenvalue weighted by atomic mass is 19.1. The van der Waals surface area contributed by atoms with Gasteiger partial charge in [0.15, 0.2) is 0 Å². The van der Waals surface area contributed by atoms with Crippen LogP contribution in [0.25, 0.3) is 0 Å². The Hall–Kier alpha value is -1.95. The van der Waals surface area contributed by atoms with Crippen LogP contribution in [0, 0.1) is 11.7 Å². The molecule has 1 aromatic rings. The van der Waals surface area contributed by atoms with Crippen molar-refractivity contribution in [3.63, 3.8) is 0 Å². The molecule has 0 heterocycles. The molecule has 0 saturated carbocycles. The van der Waals surface area contributed by atoms with Crippen molar-refractivity contribution in [3.8, 4) is 0 Å². The minimum atomic E-state index is -0.795. The first-order valence-corrected chi connectivity index (χ1v) is 7.54. The fourth-order valence-corrected chi connectivity index (χ4v) is 2.37. The van der Waals surface area contributed by atoms with E-state index in [1.54, 1.807) is 19.1 Å². The number of hydrogen-bond donors (Lipinski definition) is 2. The Morgan fingerprint density at radius 3 is 2.39 bits per heavy atom. The first kappa shape index (κ1) is 19.1. The lowest BCUT2D eigenvalue weighted by molar-refractivity contribution is -0.145. The van der Waals surface area contributed by atoms with Gasteiger partial charge in [0, 0.05) is 5.54 Å². The average molecular weight is 324 g/mol. The molecule has 0 aliphatic heterocycles. The molecule has 0 spiro atoms. The monoisotopic (exact) mass is 324 g/mol. The SMILES string of the molecule is COC(=O)[C@@H](C)C[C@H](N)C(=O)NC(C)(C)Cc1ccc(F)cc1. The van der Waals surface area contributed by atoms with Crippen molar-refractivity contribution in [3.05, 3.63) is 35.6 Å². The van der Waals surface area contributed by atoms with Crippen molar-refractivity contribution in [2.45, 2.75) is 45.2 Å². The molecule has 1 aromatic carbocycles. The van der Waals surface area contributed by atoms with E-state index in [0.717, 1.165) is 5.56 Å². The lowest BCUT2D eigenvalue weighted by Gasteiger charge is -2.28. The standard InChI is InChI=1S/C17H25FN2O3/c1-11(16(22)23-4)9-14(19)15(21)20-17(2,3)10-12-5-7-13(18)8-6-12/h5-8,11,14H,9-10,19H2,1-4H3,(H,20,21)/t11-,14-/m0/s1. The fraction of sp³-hybridized carbons (Fsp3) is 0.529. The summed E-state index contributed by atoms with van der Waals surface area (Å²) in [4.78, 5) is 23.6. The van der Waals surface area contributed by atoms with Gasteiger partial charge in [0.05, 0.1) is 19.1 Å². The van der Waals surface area contributed by atoms with Crippen LogP contribution in [0.3, 0.4) is 0 Å². The highest BCUT2D eigenvalue weighted by Crippen LogP contribution is 2.14. The molecular weight excluding hydrogens is 299 g/mol. The average Bonchev–Trinajstić information content (AvgIpc) is 2.47. The van der Waals surface area contributed by atoms with E-state index in [0.29, 0.717) is 6.42 Å². The molecule has 5 nitrogen and oxygen atoms in total. The Kier molecular flexibility index (Phi) is 6.69. The molecule has 0 aliphatic rings. The number of benzene rings is 1. The summed E-state index contributed by atoms with van der Waals surface area (Å²) in [6.45, 7) is 5.40. The van der Waals surface area contributed by atoms with Gasteiger partial charge in [-0.25, -0.2) is 4.39 Å². The van der Waals surface area contributed by atoms with Gasteiger partial charge in [-0.2, -0.15) is 0 Å². The summed E-state index contributed by atoms with van der Waals surface area (Å²) in [6.07, 6.45) is 0.753. The smallest absolute Gasteiger partial charge is 0.308 e. The van der Waals surface area contributed by atoms with Crippen LogP contribution in [0.5, 0.6) is 0 Å². The second-order valence-electron chi connectivity index (χ2n) is 6.44. The van der Waals surface area contributed by atoms with E-state index in [-0.39, 0.29) is 24.1 Å². The number of methoxy groups -OCH3 is 1. The Labute approximate surface area is 136 Å². The number of halogens is 1. The van der Waals surface area contributed by atoms with Crippen molar-refractivity contribution >= 4 is 11.9 Å². The third kappa shape index (κ3) is 6.36. The van der Waals surface area contributed by atoms with E-state index >= 15 is 0 Å². The number of rotatable bonds is 7. The quantitative estimate of drug-likeness (QED) is 0.749. The van der Waals surface area contributed by atoms with Crippen molar-refractivity contribution in [1.29, 1.82) is 0 Å². The highest BCUT2D eigenvalue weighted by Gasteiger charge is 2.27. The topological polar surface area (TPSA) is 81.4 Å². The number of nitrogens with two attached hydrogens (primary N) is 1. The second-order valence-corrected chi connectivity index (χ2v) is 6.44. The molecule has 0 bridgehead atoms. The minimum Gasteiger partial charge on any atom is -0.469 e. The number of ether oxygens (including phenoxy) is 1. The lowest BCUT2D eigenvalue weighted by atomic mass is 9.93. The summed E-state index contributed by atoms with van der Waals surface area (Å²) in [7, 11) is 1.30. The van der Waals surface area contributed by atoms with E-state index in [1.165, 1.54) is 19.2 Å². The van der Waals surface area contributed by atoms with Gasteiger partial charge in [0.2, 0.25) is 5.91 Å². The molecule has 1 rings (SSSR count). The molecule has 0 aromatic heterocycles. The molecule has 0 radical (unpaired) electrons. The van der Waals surface area contributed by atoms with Gasteiger partial charge < -0.3 is 15.8 Å². The van der Waals surface area contributed by atoms with Crippen LogP contribution in [-0.2, 0) is 20.7 Å². The van der Waals surface area contributed by atoms with Gasteiger partial charge in [-0.1, -0.05) is 19.1 Å². The lowest BCUT2D eigenvalue weighted by Crippen LogP contribution is -2.52. The molecule has 0 saturated heterocycles. The predicted molar refractivity (Wildman–Crippen MR) is 86.1 cm³/mol. The van der Waals surface area contributed by atoms with Crippen molar-refractivity contribution in [2.75, 3.05) is 7.11 Å². The largest absolute Gasteiger partial charge is 0.469 e. The number of hydrogen-bond acceptors (Lipinski definition) is 4. The first-order valence-electron chi connectivity index (χ1n) is 7.54. The molecule has 6 heteroatoms. The van der Waals surface area contributed by atoms with Gasteiger partial charge >= 0.3 is 5.97 Å². The van der Waals surface area contributed by atoms with Crippen molar-refractivity contribution in [2.24, 2.45) is 11.7 Å². The van der Waals surface area contributed by atoms with E-state index < -0.39 is 17.5 Å². The summed E-state index contributed by atoms with van der Waals surface area (Å²) in [5.41, 5.74) is 6.23. The van der Waals surface area contributed by atoms with E-state index in [2.05, 4.69) is 10.1 Å². The Morgan fingerprint density at radius 1 is 1.30 bits per heavy atom. The zero-order chi connectivity index (χ0) is 17.6. The zero-order valence-corrected chi connectivity index (χ0v) is 14.1. The molecule has 3 N–H and O–H groups in total. The Morgan fingerprint density at radius 2 is 1.87 bits per heavy atom. The first-order chi connectivity index (χ1) is 10.6. The van der Waals surface area contributed by atoms with Gasteiger partial charge in [-0.05, 0) is 44.4 Å². The number of carbonyl (C=O) groups is 2. The number of carbonyl (C=O) groups excluding carboxylic acids is 2. The number of nitrogens with one attached hydrogen (secondary N) is 1. The van der Waals surface area contributed by atoms with E-state index in [1.807, 2.05) is 13.8 Å². The molecule has 0 aliphatic carbocycles. The maximum atomic E-state index is 12.9.